The lowest BCUT2D eigenvalue weighted by Gasteiger charge is -2.31. The maximum atomic E-state index is 12.0. The highest BCUT2D eigenvalue weighted by Crippen LogP contribution is 2.30. The molecule has 0 saturated heterocycles. The highest BCUT2D eigenvalue weighted by Gasteiger charge is 2.29. The number of hydrogen-bond donors (Lipinski definition) is 2. The Morgan fingerprint density at radius 2 is 2.06 bits per heavy atom. The molecule has 0 heterocycles. The summed E-state index contributed by atoms with van der Waals surface area (Å²) in [5, 5.41) is 12.5. The third-order valence-corrected chi connectivity index (χ3v) is 3.84. The minimum Gasteiger partial charge on any atom is -0.394 e. The molecule has 1 amide bonds. The molecule has 0 bridgehead atoms. The van der Waals surface area contributed by atoms with Gasteiger partial charge in [-0.05, 0) is 31.2 Å². The molecule has 0 aromatic heterocycles. The number of aliphatic hydroxyl groups is 1. The van der Waals surface area contributed by atoms with E-state index in [-0.39, 0.29) is 12.5 Å². The maximum Gasteiger partial charge on any atom is 0.221 e. The van der Waals surface area contributed by atoms with Crippen molar-refractivity contribution in [3.05, 3.63) is 35.9 Å². The standard InChI is InChI=1S/C15H21NO2/c1-15(11-17,13-8-3-2-4-9-13)16-14(18)10-12-6-5-7-12/h2-4,8-9,12,17H,5-7,10-11H2,1H3,(H,16,18). The van der Waals surface area contributed by atoms with Crippen LogP contribution in [0.15, 0.2) is 30.3 Å². The molecule has 1 aliphatic carbocycles. The number of carbonyl (C=O) groups is 1. The van der Waals surface area contributed by atoms with Gasteiger partial charge in [0.25, 0.3) is 0 Å². The van der Waals surface area contributed by atoms with E-state index in [0.29, 0.717) is 12.3 Å². The first kappa shape index (κ1) is 13.1. The van der Waals surface area contributed by atoms with Gasteiger partial charge in [-0.1, -0.05) is 36.8 Å². The molecule has 98 valence electrons. The van der Waals surface area contributed by atoms with Crippen molar-refractivity contribution in [1.82, 2.24) is 5.32 Å². The fourth-order valence-corrected chi connectivity index (χ4v) is 2.33. The van der Waals surface area contributed by atoms with Gasteiger partial charge in [0.05, 0.1) is 12.1 Å². The van der Waals surface area contributed by atoms with Gasteiger partial charge >= 0.3 is 0 Å². The van der Waals surface area contributed by atoms with Gasteiger partial charge in [-0.15, -0.1) is 0 Å². The number of aliphatic hydroxyl groups excluding tert-OH is 1. The van der Waals surface area contributed by atoms with E-state index < -0.39 is 5.54 Å². The van der Waals surface area contributed by atoms with Crippen LogP contribution in [-0.2, 0) is 10.3 Å². The van der Waals surface area contributed by atoms with E-state index in [1.54, 1.807) is 0 Å². The Kier molecular flexibility index (Phi) is 4.02. The Hall–Kier alpha value is -1.35. The van der Waals surface area contributed by atoms with Crippen LogP contribution in [0.2, 0.25) is 0 Å². The largest absolute Gasteiger partial charge is 0.394 e. The van der Waals surface area contributed by atoms with E-state index in [2.05, 4.69) is 5.32 Å². The van der Waals surface area contributed by atoms with Crippen LogP contribution in [0.4, 0.5) is 0 Å². The van der Waals surface area contributed by atoms with Crippen LogP contribution >= 0.6 is 0 Å². The number of nitrogens with one attached hydrogen (secondary N) is 1. The Balaban J connectivity index is 2.01. The van der Waals surface area contributed by atoms with Crippen LogP contribution < -0.4 is 5.32 Å². The van der Waals surface area contributed by atoms with Gasteiger partial charge in [0.1, 0.15) is 0 Å². The number of hydrogen-bond acceptors (Lipinski definition) is 2. The zero-order valence-electron chi connectivity index (χ0n) is 10.9. The molecule has 0 aliphatic heterocycles. The fraction of sp³-hybridized carbons (Fsp3) is 0.533. The van der Waals surface area contributed by atoms with Gasteiger partial charge in [-0.2, -0.15) is 0 Å². The number of carbonyl (C=O) groups excluding carboxylic acids is 1. The molecule has 1 saturated carbocycles. The van der Waals surface area contributed by atoms with Crippen molar-refractivity contribution in [3.63, 3.8) is 0 Å². The summed E-state index contributed by atoms with van der Waals surface area (Å²) in [6.07, 6.45) is 4.15. The second kappa shape index (κ2) is 5.53. The van der Waals surface area contributed by atoms with E-state index in [4.69, 9.17) is 0 Å². The summed E-state index contributed by atoms with van der Waals surface area (Å²) < 4.78 is 0. The molecule has 0 radical (unpaired) electrons. The SMILES string of the molecule is CC(CO)(NC(=O)CC1CCC1)c1ccccc1. The second-order valence-corrected chi connectivity index (χ2v) is 5.41. The topological polar surface area (TPSA) is 49.3 Å². The van der Waals surface area contributed by atoms with Crippen LogP contribution in [0.25, 0.3) is 0 Å². The first-order valence-corrected chi connectivity index (χ1v) is 6.61. The Labute approximate surface area is 108 Å². The lowest BCUT2D eigenvalue weighted by molar-refractivity contribution is -0.125. The summed E-state index contributed by atoms with van der Waals surface area (Å²) in [5.41, 5.74) is 0.261. The van der Waals surface area contributed by atoms with Crippen LogP contribution in [0, 0.1) is 5.92 Å². The number of rotatable bonds is 5. The van der Waals surface area contributed by atoms with Gasteiger partial charge in [0.2, 0.25) is 5.91 Å². The van der Waals surface area contributed by atoms with Crippen molar-refractivity contribution in [2.45, 2.75) is 38.1 Å². The fourth-order valence-electron chi connectivity index (χ4n) is 2.33. The Bertz CT molecular complexity index is 400. The molecule has 3 heteroatoms. The quantitative estimate of drug-likeness (QED) is 0.838. The predicted octanol–water partition coefficient (Wildman–Crippen LogP) is 2.20. The van der Waals surface area contributed by atoms with Gasteiger partial charge in [-0.25, -0.2) is 0 Å². The van der Waals surface area contributed by atoms with Crippen molar-refractivity contribution in [3.8, 4) is 0 Å². The Morgan fingerprint density at radius 1 is 1.39 bits per heavy atom. The van der Waals surface area contributed by atoms with E-state index in [1.165, 1.54) is 6.42 Å². The summed E-state index contributed by atoms with van der Waals surface area (Å²) in [6, 6.07) is 9.62. The average molecular weight is 247 g/mol. The molecule has 1 fully saturated rings. The summed E-state index contributed by atoms with van der Waals surface area (Å²) in [4.78, 5) is 12.0. The highest BCUT2D eigenvalue weighted by atomic mass is 16.3. The number of benzene rings is 1. The summed E-state index contributed by atoms with van der Waals surface area (Å²) >= 11 is 0. The third-order valence-electron chi connectivity index (χ3n) is 3.84. The monoisotopic (exact) mass is 247 g/mol. The molecule has 1 aromatic carbocycles. The number of amides is 1. The Morgan fingerprint density at radius 3 is 2.56 bits per heavy atom. The van der Waals surface area contributed by atoms with Gasteiger partial charge < -0.3 is 10.4 Å². The van der Waals surface area contributed by atoms with Gasteiger partial charge in [-0.3, -0.25) is 4.79 Å². The van der Waals surface area contributed by atoms with Gasteiger partial charge in [0, 0.05) is 6.42 Å². The molecule has 3 nitrogen and oxygen atoms in total. The van der Waals surface area contributed by atoms with Crippen molar-refractivity contribution >= 4 is 5.91 Å². The summed E-state index contributed by atoms with van der Waals surface area (Å²) in [7, 11) is 0. The zero-order valence-corrected chi connectivity index (χ0v) is 10.9. The summed E-state index contributed by atoms with van der Waals surface area (Å²) in [6.45, 7) is 1.77. The molecule has 1 aliphatic rings. The van der Waals surface area contributed by atoms with Gasteiger partial charge in [0.15, 0.2) is 0 Å². The maximum absolute atomic E-state index is 12.0. The first-order valence-electron chi connectivity index (χ1n) is 6.61. The van der Waals surface area contributed by atoms with Crippen molar-refractivity contribution in [2.24, 2.45) is 5.92 Å². The van der Waals surface area contributed by atoms with E-state index in [9.17, 15) is 9.90 Å². The van der Waals surface area contributed by atoms with E-state index in [1.807, 2.05) is 37.3 Å². The van der Waals surface area contributed by atoms with Crippen LogP contribution in [0.3, 0.4) is 0 Å². The van der Waals surface area contributed by atoms with Crippen molar-refractivity contribution in [2.75, 3.05) is 6.61 Å². The molecule has 2 rings (SSSR count). The molecule has 1 atom stereocenters. The predicted molar refractivity (Wildman–Crippen MR) is 71.0 cm³/mol. The highest BCUT2D eigenvalue weighted by molar-refractivity contribution is 5.77. The molecule has 1 aromatic rings. The third kappa shape index (κ3) is 2.91. The molecule has 2 N–H and O–H groups in total. The molecule has 18 heavy (non-hydrogen) atoms. The molecule has 1 unspecified atom stereocenters. The lowest BCUT2D eigenvalue weighted by Crippen LogP contribution is -2.47. The average Bonchev–Trinajstić information content (AvgIpc) is 2.35. The first-order chi connectivity index (χ1) is 8.64. The smallest absolute Gasteiger partial charge is 0.221 e. The van der Waals surface area contributed by atoms with Crippen LogP contribution in [0.1, 0.15) is 38.2 Å². The second-order valence-electron chi connectivity index (χ2n) is 5.41. The minimum atomic E-state index is -0.678. The van der Waals surface area contributed by atoms with E-state index >= 15 is 0 Å². The molecular formula is C15H21NO2. The molecular weight excluding hydrogens is 226 g/mol. The van der Waals surface area contributed by atoms with Crippen LogP contribution in [0.5, 0.6) is 0 Å². The molecule has 0 spiro atoms. The lowest BCUT2D eigenvalue weighted by atomic mass is 9.82. The van der Waals surface area contributed by atoms with Crippen LogP contribution in [-0.4, -0.2) is 17.6 Å². The normalized spacial score (nSPS) is 18.8. The van der Waals surface area contributed by atoms with Crippen molar-refractivity contribution < 1.29 is 9.90 Å². The van der Waals surface area contributed by atoms with E-state index in [0.717, 1.165) is 18.4 Å². The summed E-state index contributed by atoms with van der Waals surface area (Å²) in [5.74, 6) is 0.587. The minimum absolute atomic E-state index is 0.0418. The van der Waals surface area contributed by atoms with Crippen molar-refractivity contribution in [1.29, 1.82) is 0 Å². The zero-order chi connectivity index (χ0) is 13.0.